The molecule has 0 saturated heterocycles. The zero-order chi connectivity index (χ0) is 10.8. The van der Waals surface area contributed by atoms with E-state index < -0.39 is 5.79 Å². The van der Waals surface area contributed by atoms with Crippen molar-refractivity contribution in [1.82, 2.24) is 0 Å². The van der Waals surface area contributed by atoms with Crippen molar-refractivity contribution in [3.63, 3.8) is 0 Å². The van der Waals surface area contributed by atoms with Gasteiger partial charge in [-0.1, -0.05) is 35.9 Å². The van der Waals surface area contributed by atoms with Crippen LogP contribution < -0.4 is 0 Å². The van der Waals surface area contributed by atoms with Gasteiger partial charge < -0.3 is 10.2 Å². The molecule has 1 aromatic rings. The highest BCUT2D eigenvalue weighted by Gasteiger charge is 2.28. The van der Waals surface area contributed by atoms with Crippen LogP contribution in [-0.2, 0) is 5.79 Å². The lowest BCUT2D eigenvalue weighted by Crippen LogP contribution is -2.27. The maximum Gasteiger partial charge on any atom is 0.213 e. The molecule has 0 aliphatic heterocycles. The van der Waals surface area contributed by atoms with E-state index in [2.05, 4.69) is 0 Å². The molecule has 2 N–H and O–H groups in total. The fourth-order valence-corrected chi connectivity index (χ4v) is 1.24. The van der Waals surface area contributed by atoms with E-state index in [9.17, 15) is 10.2 Å². The summed E-state index contributed by atoms with van der Waals surface area (Å²) in [5.74, 6) is -1.85. The van der Waals surface area contributed by atoms with E-state index in [4.69, 9.17) is 0 Å². The Morgan fingerprint density at radius 3 is 1.93 bits per heavy atom. The highest BCUT2D eigenvalue weighted by molar-refractivity contribution is 5.30. The lowest BCUT2D eigenvalue weighted by molar-refractivity contribution is -0.136. The minimum Gasteiger partial charge on any atom is -0.359 e. The molecule has 14 heavy (non-hydrogen) atoms. The number of benzene rings is 1. The van der Waals surface area contributed by atoms with E-state index in [1.807, 2.05) is 19.9 Å². The largest absolute Gasteiger partial charge is 0.359 e. The molecule has 0 radical (unpaired) electrons. The fourth-order valence-electron chi connectivity index (χ4n) is 1.24. The lowest BCUT2D eigenvalue weighted by atomic mass is 9.96. The molecule has 0 aliphatic carbocycles. The van der Waals surface area contributed by atoms with Gasteiger partial charge in [0.25, 0.3) is 0 Å². The molecule has 0 heterocycles. The summed E-state index contributed by atoms with van der Waals surface area (Å²) in [5, 5.41) is 19.8. The first kappa shape index (κ1) is 11.0. The molecule has 0 aromatic heterocycles. The van der Waals surface area contributed by atoms with Gasteiger partial charge in [0.2, 0.25) is 5.79 Å². The molecule has 2 nitrogen and oxygen atoms in total. The van der Waals surface area contributed by atoms with Crippen LogP contribution in [0.4, 0.5) is 0 Å². The van der Waals surface area contributed by atoms with E-state index in [-0.39, 0.29) is 0 Å². The summed E-state index contributed by atoms with van der Waals surface area (Å²) in [5.41, 5.74) is 1.99. The van der Waals surface area contributed by atoms with Crippen LogP contribution in [0.25, 0.3) is 0 Å². The van der Waals surface area contributed by atoms with Crippen molar-refractivity contribution < 1.29 is 10.2 Å². The Balaban J connectivity index is 3.15. The molecule has 0 spiro atoms. The highest BCUT2D eigenvalue weighted by atomic mass is 16.5. The Morgan fingerprint density at radius 2 is 1.50 bits per heavy atom. The van der Waals surface area contributed by atoms with Crippen molar-refractivity contribution in [1.29, 1.82) is 0 Å². The Hall–Kier alpha value is -1.12. The first-order chi connectivity index (χ1) is 6.46. The van der Waals surface area contributed by atoms with Crippen molar-refractivity contribution in [3.8, 4) is 0 Å². The van der Waals surface area contributed by atoms with Gasteiger partial charge in [-0.15, -0.1) is 0 Å². The molecule has 0 saturated carbocycles. The molecule has 0 fully saturated rings. The Bertz CT molecular complexity index is 333. The second-order valence-corrected chi connectivity index (χ2v) is 3.66. The molecule has 2 heteroatoms. The molecule has 0 bridgehead atoms. The summed E-state index contributed by atoms with van der Waals surface area (Å²) in [6.45, 7) is 5.45. The highest BCUT2D eigenvalue weighted by Crippen LogP contribution is 2.27. The number of hydrogen-bond donors (Lipinski definition) is 2. The van der Waals surface area contributed by atoms with Gasteiger partial charge in [-0.25, -0.2) is 0 Å². The van der Waals surface area contributed by atoms with Gasteiger partial charge in [0, 0.05) is 5.56 Å². The van der Waals surface area contributed by atoms with Crippen molar-refractivity contribution >= 4 is 0 Å². The van der Waals surface area contributed by atoms with Crippen molar-refractivity contribution in [2.75, 3.05) is 0 Å². The standard InChI is InChI=1S/C12H16O2/c1-9(2)10(3)12(13,14)11-7-5-4-6-8-11/h4-8,13-14H,1-3H3. The lowest BCUT2D eigenvalue weighted by Gasteiger charge is -2.24. The Labute approximate surface area is 84.5 Å². The third-order valence-corrected chi connectivity index (χ3v) is 2.45. The first-order valence-corrected chi connectivity index (χ1v) is 4.61. The van der Waals surface area contributed by atoms with Gasteiger partial charge in [-0.2, -0.15) is 0 Å². The molecule has 1 rings (SSSR count). The van der Waals surface area contributed by atoms with Gasteiger partial charge in [0.05, 0.1) is 0 Å². The molecule has 1 aromatic carbocycles. The quantitative estimate of drug-likeness (QED) is 0.557. The van der Waals surface area contributed by atoms with Crippen LogP contribution in [-0.4, -0.2) is 10.2 Å². The predicted molar refractivity (Wildman–Crippen MR) is 56.6 cm³/mol. The fraction of sp³-hybridized carbons (Fsp3) is 0.333. The first-order valence-electron chi connectivity index (χ1n) is 4.61. The van der Waals surface area contributed by atoms with Crippen LogP contribution in [0.3, 0.4) is 0 Å². The van der Waals surface area contributed by atoms with Gasteiger partial charge in [-0.05, 0) is 26.3 Å². The molecule has 76 valence electrons. The van der Waals surface area contributed by atoms with Crippen LogP contribution >= 0.6 is 0 Å². The SMILES string of the molecule is CC(C)=C(C)C(O)(O)c1ccccc1. The average Bonchev–Trinajstić information content (AvgIpc) is 2.18. The zero-order valence-corrected chi connectivity index (χ0v) is 8.78. The van der Waals surface area contributed by atoms with Crippen molar-refractivity contribution in [2.45, 2.75) is 26.6 Å². The molecule has 0 atom stereocenters. The van der Waals surface area contributed by atoms with E-state index in [1.165, 1.54) is 0 Å². The second kappa shape index (κ2) is 3.95. The van der Waals surface area contributed by atoms with Crippen LogP contribution in [0.1, 0.15) is 26.3 Å². The van der Waals surface area contributed by atoms with E-state index >= 15 is 0 Å². The number of allylic oxidation sites excluding steroid dienone is 1. The smallest absolute Gasteiger partial charge is 0.213 e. The maximum absolute atomic E-state index is 9.92. The molecular formula is C12H16O2. The molecular weight excluding hydrogens is 176 g/mol. The zero-order valence-electron chi connectivity index (χ0n) is 8.78. The van der Waals surface area contributed by atoms with Gasteiger partial charge >= 0.3 is 0 Å². The van der Waals surface area contributed by atoms with Crippen LogP contribution in [0.5, 0.6) is 0 Å². The van der Waals surface area contributed by atoms with Crippen molar-refractivity contribution in [2.24, 2.45) is 0 Å². The maximum atomic E-state index is 9.92. The third-order valence-electron chi connectivity index (χ3n) is 2.45. The predicted octanol–water partition coefficient (Wildman–Crippen LogP) is 2.18. The number of rotatable bonds is 2. The summed E-state index contributed by atoms with van der Waals surface area (Å²) in [4.78, 5) is 0. The molecule has 0 amide bonds. The normalized spacial score (nSPS) is 11.2. The average molecular weight is 192 g/mol. The minimum absolute atomic E-state index is 0.499. The minimum atomic E-state index is -1.85. The summed E-state index contributed by atoms with van der Waals surface area (Å²) in [7, 11) is 0. The summed E-state index contributed by atoms with van der Waals surface area (Å²) < 4.78 is 0. The van der Waals surface area contributed by atoms with E-state index in [1.54, 1.807) is 31.2 Å². The second-order valence-electron chi connectivity index (χ2n) is 3.66. The van der Waals surface area contributed by atoms with Crippen LogP contribution in [0.2, 0.25) is 0 Å². The Kier molecular flexibility index (Phi) is 3.09. The molecule has 0 aliphatic rings. The number of hydrogen-bond acceptors (Lipinski definition) is 2. The van der Waals surface area contributed by atoms with Gasteiger partial charge in [0.15, 0.2) is 0 Å². The van der Waals surface area contributed by atoms with Crippen LogP contribution in [0, 0.1) is 0 Å². The van der Waals surface area contributed by atoms with E-state index in [0.29, 0.717) is 11.1 Å². The number of aliphatic hydroxyl groups is 2. The van der Waals surface area contributed by atoms with Crippen molar-refractivity contribution in [3.05, 3.63) is 47.0 Å². The Morgan fingerprint density at radius 1 is 1.00 bits per heavy atom. The molecule has 0 unspecified atom stereocenters. The van der Waals surface area contributed by atoms with E-state index in [0.717, 1.165) is 5.57 Å². The van der Waals surface area contributed by atoms with Gasteiger partial charge in [-0.3, -0.25) is 0 Å². The topological polar surface area (TPSA) is 40.5 Å². The summed E-state index contributed by atoms with van der Waals surface area (Å²) in [6, 6.07) is 8.82. The third kappa shape index (κ3) is 2.03. The monoisotopic (exact) mass is 192 g/mol. The summed E-state index contributed by atoms with van der Waals surface area (Å²) in [6.07, 6.45) is 0. The van der Waals surface area contributed by atoms with Crippen LogP contribution in [0.15, 0.2) is 41.5 Å². The van der Waals surface area contributed by atoms with Gasteiger partial charge in [0.1, 0.15) is 0 Å². The summed E-state index contributed by atoms with van der Waals surface area (Å²) >= 11 is 0.